The SMILES string of the molecule is CN(Cc1nccc(N)n1)c1cccc2ccccc12. The van der Waals surface area contributed by atoms with Crippen molar-refractivity contribution in [2.45, 2.75) is 6.54 Å². The van der Waals surface area contributed by atoms with Gasteiger partial charge in [-0.1, -0.05) is 36.4 Å². The maximum absolute atomic E-state index is 5.69. The van der Waals surface area contributed by atoms with E-state index in [0.717, 1.165) is 11.5 Å². The van der Waals surface area contributed by atoms with Gasteiger partial charge in [-0.05, 0) is 17.5 Å². The molecule has 0 atom stereocenters. The van der Waals surface area contributed by atoms with E-state index in [2.05, 4.69) is 51.3 Å². The van der Waals surface area contributed by atoms with E-state index < -0.39 is 0 Å². The van der Waals surface area contributed by atoms with Crippen molar-refractivity contribution in [2.75, 3.05) is 17.7 Å². The van der Waals surface area contributed by atoms with Crippen LogP contribution in [0.2, 0.25) is 0 Å². The van der Waals surface area contributed by atoms with Crippen LogP contribution in [0, 0.1) is 0 Å². The number of hydrogen-bond donors (Lipinski definition) is 1. The molecule has 0 radical (unpaired) electrons. The Morgan fingerprint density at radius 3 is 2.70 bits per heavy atom. The minimum atomic E-state index is 0.501. The molecule has 100 valence electrons. The van der Waals surface area contributed by atoms with Gasteiger partial charge in [0.15, 0.2) is 0 Å². The van der Waals surface area contributed by atoms with E-state index in [0.29, 0.717) is 12.4 Å². The number of hydrogen-bond acceptors (Lipinski definition) is 4. The quantitative estimate of drug-likeness (QED) is 0.790. The summed E-state index contributed by atoms with van der Waals surface area (Å²) >= 11 is 0. The van der Waals surface area contributed by atoms with Crippen molar-refractivity contribution in [3.05, 3.63) is 60.6 Å². The fraction of sp³-hybridized carbons (Fsp3) is 0.125. The molecule has 0 aliphatic carbocycles. The Balaban J connectivity index is 1.94. The predicted octanol–water partition coefficient (Wildman–Crippen LogP) is 2.85. The minimum absolute atomic E-state index is 0.501. The molecular formula is C16H16N4. The first kappa shape index (κ1) is 12.4. The summed E-state index contributed by atoms with van der Waals surface area (Å²) in [6.45, 7) is 0.624. The van der Waals surface area contributed by atoms with Gasteiger partial charge in [-0.15, -0.1) is 0 Å². The van der Waals surface area contributed by atoms with Crippen molar-refractivity contribution in [1.82, 2.24) is 9.97 Å². The summed E-state index contributed by atoms with van der Waals surface area (Å²) in [6.07, 6.45) is 1.69. The van der Waals surface area contributed by atoms with Gasteiger partial charge in [0, 0.05) is 24.3 Å². The molecular weight excluding hydrogens is 248 g/mol. The Morgan fingerprint density at radius 2 is 1.85 bits per heavy atom. The monoisotopic (exact) mass is 264 g/mol. The lowest BCUT2D eigenvalue weighted by Crippen LogP contribution is -2.18. The smallest absolute Gasteiger partial charge is 0.149 e. The van der Waals surface area contributed by atoms with Crippen LogP contribution in [-0.2, 0) is 6.54 Å². The van der Waals surface area contributed by atoms with Crippen molar-refractivity contribution in [2.24, 2.45) is 0 Å². The van der Waals surface area contributed by atoms with Crippen molar-refractivity contribution < 1.29 is 0 Å². The van der Waals surface area contributed by atoms with E-state index in [1.54, 1.807) is 12.3 Å². The van der Waals surface area contributed by atoms with Crippen molar-refractivity contribution >= 4 is 22.3 Å². The van der Waals surface area contributed by atoms with E-state index >= 15 is 0 Å². The summed E-state index contributed by atoms with van der Waals surface area (Å²) in [4.78, 5) is 10.6. The number of benzene rings is 2. The Hall–Kier alpha value is -2.62. The third-order valence-corrected chi connectivity index (χ3v) is 3.28. The molecule has 0 unspecified atom stereocenters. The topological polar surface area (TPSA) is 55.0 Å². The predicted molar refractivity (Wildman–Crippen MR) is 82.5 cm³/mol. The summed E-state index contributed by atoms with van der Waals surface area (Å²) in [5, 5.41) is 2.45. The molecule has 2 aromatic carbocycles. The molecule has 0 fully saturated rings. The zero-order chi connectivity index (χ0) is 13.9. The lowest BCUT2D eigenvalue weighted by molar-refractivity contribution is 0.843. The lowest BCUT2D eigenvalue weighted by atomic mass is 10.1. The molecule has 0 bridgehead atoms. The van der Waals surface area contributed by atoms with Crippen LogP contribution in [0.3, 0.4) is 0 Å². The molecule has 0 amide bonds. The first-order chi connectivity index (χ1) is 9.74. The summed E-state index contributed by atoms with van der Waals surface area (Å²) in [5.41, 5.74) is 6.86. The minimum Gasteiger partial charge on any atom is -0.384 e. The Kier molecular flexibility index (Phi) is 3.21. The van der Waals surface area contributed by atoms with Gasteiger partial charge in [0.1, 0.15) is 11.6 Å². The highest BCUT2D eigenvalue weighted by Crippen LogP contribution is 2.26. The Labute approximate surface area is 117 Å². The van der Waals surface area contributed by atoms with Crippen LogP contribution in [-0.4, -0.2) is 17.0 Å². The number of nitrogens with zero attached hydrogens (tertiary/aromatic N) is 3. The van der Waals surface area contributed by atoms with E-state index in [9.17, 15) is 0 Å². The van der Waals surface area contributed by atoms with Crippen LogP contribution in [0.4, 0.5) is 11.5 Å². The second-order valence-corrected chi connectivity index (χ2v) is 4.75. The fourth-order valence-corrected chi connectivity index (χ4v) is 2.33. The number of fused-ring (bicyclic) bond motifs is 1. The zero-order valence-corrected chi connectivity index (χ0v) is 11.3. The van der Waals surface area contributed by atoms with Crippen molar-refractivity contribution in [1.29, 1.82) is 0 Å². The molecule has 0 aliphatic heterocycles. The molecule has 0 saturated carbocycles. The van der Waals surface area contributed by atoms with Crippen LogP contribution in [0.5, 0.6) is 0 Å². The van der Waals surface area contributed by atoms with Gasteiger partial charge >= 0.3 is 0 Å². The third kappa shape index (κ3) is 2.40. The van der Waals surface area contributed by atoms with Crippen LogP contribution >= 0.6 is 0 Å². The molecule has 3 aromatic rings. The number of nitrogen functional groups attached to an aromatic ring is 1. The maximum Gasteiger partial charge on any atom is 0.149 e. The molecule has 3 rings (SSSR count). The van der Waals surface area contributed by atoms with Gasteiger partial charge in [-0.3, -0.25) is 0 Å². The van der Waals surface area contributed by atoms with E-state index in [1.807, 2.05) is 13.1 Å². The van der Waals surface area contributed by atoms with Crippen LogP contribution in [0.15, 0.2) is 54.7 Å². The molecule has 2 N–H and O–H groups in total. The van der Waals surface area contributed by atoms with E-state index in [4.69, 9.17) is 5.73 Å². The second-order valence-electron chi connectivity index (χ2n) is 4.75. The lowest BCUT2D eigenvalue weighted by Gasteiger charge is -2.20. The van der Waals surface area contributed by atoms with Gasteiger partial charge in [0.2, 0.25) is 0 Å². The zero-order valence-electron chi connectivity index (χ0n) is 11.3. The average molecular weight is 264 g/mol. The number of nitrogens with two attached hydrogens (primary N) is 1. The molecule has 4 heteroatoms. The van der Waals surface area contributed by atoms with E-state index in [1.165, 1.54) is 10.8 Å². The maximum atomic E-state index is 5.69. The highest BCUT2D eigenvalue weighted by Gasteiger charge is 2.07. The normalized spacial score (nSPS) is 10.7. The molecule has 0 aliphatic rings. The first-order valence-corrected chi connectivity index (χ1v) is 6.50. The highest BCUT2D eigenvalue weighted by molar-refractivity contribution is 5.94. The summed E-state index contributed by atoms with van der Waals surface area (Å²) in [5.74, 6) is 1.22. The molecule has 0 saturated heterocycles. The van der Waals surface area contributed by atoms with Crippen LogP contribution < -0.4 is 10.6 Å². The first-order valence-electron chi connectivity index (χ1n) is 6.50. The molecule has 0 spiro atoms. The largest absolute Gasteiger partial charge is 0.384 e. The van der Waals surface area contributed by atoms with Crippen LogP contribution in [0.1, 0.15) is 5.82 Å². The van der Waals surface area contributed by atoms with E-state index in [-0.39, 0.29) is 0 Å². The van der Waals surface area contributed by atoms with Gasteiger partial charge in [0.05, 0.1) is 6.54 Å². The van der Waals surface area contributed by atoms with Gasteiger partial charge < -0.3 is 10.6 Å². The standard InChI is InChI=1S/C16H16N4/c1-20(11-16-18-10-9-15(17)19-16)14-8-4-6-12-5-2-3-7-13(12)14/h2-10H,11H2,1H3,(H2,17,18,19). The molecule has 1 heterocycles. The van der Waals surface area contributed by atoms with Crippen molar-refractivity contribution in [3.63, 3.8) is 0 Å². The third-order valence-electron chi connectivity index (χ3n) is 3.28. The van der Waals surface area contributed by atoms with Gasteiger partial charge in [0.25, 0.3) is 0 Å². The number of rotatable bonds is 3. The Bertz CT molecular complexity index is 734. The molecule has 20 heavy (non-hydrogen) atoms. The average Bonchev–Trinajstić information content (AvgIpc) is 2.46. The highest BCUT2D eigenvalue weighted by atomic mass is 15.1. The molecule has 4 nitrogen and oxygen atoms in total. The van der Waals surface area contributed by atoms with Crippen LogP contribution in [0.25, 0.3) is 10.8 Å². The molecule has 1 aromatic heterocycles. The Morgan fingerprint density at radius 1 is 1.05 bits per heavy atom. The summed E-state index contributed by atoms with van der Waals surface area (Å²) in [6, 6.07) is 16.3. The number of anilines is 2. The van der Waals surface area contributed by atoms with Crippen molar-refractivity contribution in [3.8, 4) is 0 Å². The van der Waals surface area contributed by atoms with Gasteiger partial charge in [-0.2, -0.15) is 0 Å². The van der Waals surface area contributed by atoms with Gasteiger partial charge in [-0.25, -0.2) is 9.97 Å². The summed E-state index contributed by atoms with van der Waals surface area (Å²) < 4.78 is 0. The fourth-order valence-electron chi connectivity index (χ4n) is 2.33. The second kappa shape index (κ2) is 5.17. The number of aromatic nitrogens is 2. The summed E-state index contributed by atoms with van der Waals surface area (Å²) in [7, 11) is 2.04.